The average molecular weight is 347 g/mol. The fraction of sp³-hybridized carbons (Fsp3) is 0.789. The van der Waals surface area contributed by atoms with Crippen LogP contribution in [-0.4, -0.2) is 41.9 Å². The Morgan fingerprint density at radius 1 is 1.36 bits per heavy atom. The van der Waals surface area contributed by atoms with Gasteiger partial charge >= 0.3 is 0 Å². The molecule has 0 bridgehead atoms. The van der Waals surface area contributed by atoms with Crippen LogP contribution in [0.25, 0.3) is 0 Å². The third-order valence-corrected chi connectivity index (χ3v) is 5.63. The highest BCUT2D eigenvalue weighted by Crippen LogP contribution is 2.28. The second-order valence-corrected chi connectivity index (χ2v) is 8.33. The molecule has 1 aliphatic carbocycles. The summed E-state index contributed by atoms with van der Waals surface area (Å²) in [5.74, 6) is -0.0108. The Morgan fingerprint density at radius 2 is 2.04 bits per heavy atom. The van der Waals surface area contributed by atoms with Crippen LogP contribution in [0.15, 0.2) is 0 Å². The van der Waals surface area contributed by atoms with E-state index >= 15 is 0 Å². The van der Waals surface area contributed by atoms with E-state index in [-0.39, 0.29) is 12.3 Å². The average Bonchev–Trinajstić information content (AvgIpc) is 2.97. The van der Waals surface area contributed by atoms with Gasteiger partial charge in [-0.25, -0.2) is 0 Å². The molecule has 2 fully saturated rings. The fourth-order valence-electron chi connectivity index (χ4n) is 3.74. The molecule has 1 saturated heterocycles. The summed E-state index contributed by atoms with van der Waals surface area (Å²) in [7, 11) is 0. The number of amides is 2. The van der Waals surface area contributed by atoms with Gasteiger partial charge in [-0.2, -0.15) is 5.26 Å². The van der Waals surface area contributed by atoms with Crippen molar-refractivity contribution in [2.24, 2.45) is 17.1 Å². The minimum absolute atomic E-state index is 0.265. The summed E-state index contributed by atoms with van der Waals surface area (Å²) in [5, 5.41) is 12.5. The van der Waals surface area contributed by atoms with Crippen LogP contribution < -0.4 is 11.1 Å². The van der Waals surface area contributed by atoms with Crippen LogP contribution in [0.4, 0.5) is 0 Å². The second-order valence-electron chi connectivity index (χ2n) is 8.33. The molecular weight excluding hydrogens is 316 g/mol. The SMILES string of the molecule is CC(C)(C[CH]C(=O)NC1(C#N)CCN(CC2CCCCC2)C1)C(N)=O. The van der Waals surface area contributed by atoms with Crippen LogP contribution in [0, 0.1) is 29.1 Å². The summed E-state index contributed by atoms with van der Waals surface area (Å²) in [4.78, 5) is 25.9. The van der Waals surface area contributed by atoms with Gasteiger partial charge < -0.3 is 11.1 Å². The smallest absolute Gasteiger partial charge is 0.225 e. The summed E-state index contributed by atoms with van der Waals surface area (Å²) in [6, 6.07) is 2.31. The predicted molar refractivity (Wildman–Crippen MR) is 96.0 cm³/mol. The zero-order valence-corrected chi connectivity index (χ0v) is 15.5. The molecule has 139 valence electrons. The Balaban J connectivity index is 1.83. The zero-order chi connectivity index (χ0) is 18.5. The first-order valence-corrected chi connectivity index (χ1v) is 9.35. The summed E-state index contributed by atoms with van der Waals surface area (Å²) in [5.41, 5.74) is 3.75. The molecule has 0 aromatic heterocycles. The number of carbonyl (C=O) groups is 2. The Morgan fingerprint density at radius 3 is 2.64 bits per heavy atom. The van der Waals surface area contributed by atoms with Crippen molar-refractivity contribution in [2.75, 3.05) is 19.6 Å². The quantitative estimate of drug-likeness (QED) is 0.733. The second kappa shape index (κ2) is 8.18. The number of hydrogen-bond acceptors (Lipinski definition) is 4. The number of primary amides is 1. The minimum Gasteiger partial charge on any atom is -0.369 e. The number of likely N-dealkylation sites (tertiary alicyclic amines) is 1. The van der Waals surface area contributed by atoms with Crippen molar-refractivity contribution in [2.45, 2.75) is 64.3 Å². The van der Waals surface area contributed by atoms with Gasteiger partial charge in [0.2, 0.25) is 11.8 Å². The molecule has 1 saturated carbocycles. The first-order valence-electron chi connectivity index (χ1n) is 9.35. The topological polar surface area (TPSA) is 99.2 Å². The van der Waals surface area contributed by atoms with Crippen molar-refractivity contribution in [1.82, 2.24) is 10.2 Å². The molecule has 6 nitrogen and oxygen atoms in total. The van der Waals surface area contributed by atoms with Gasteiger partial charge in [-0.15, -0.1) is 0 Å². The third-order valence-electron chi connectivity index (χ3n) is 5.63. The molecule has 1 aliphatic heterocycles. The molecule has 2 amide bonds. The normalized spacial score (nSPS) is 25.5. The van der Waals surface area contributed by atoms with Crippen molar-refractivity contribution in [3.8, 4) is 6.07 Å². The lowest BCUT2D eigenvalue weighted by molar-refractivity contribution is -0.126. The van der Waals surface area contributed by atoms with Crippen molar-refractivity contribution in [3.05, 3.63) is 6.42 Å². The zero-order valence-electron chi connectivity index (χ0n) is 15.5. The highest BCUT2D eigenvalue weighted by molar-refractivity contribution is 5.87. The van der Waals surface area contributed by atoms with Gasteiger partial charge in [-0.05, 0) is 31.6 Å². The lowest BCUT2D eigenvalue weighted by Gasteiger charge is -2.28. The molecule has 1 atom stereocenters. The third kappa shape index (κ3) is 5.43. The molecule has 2 rings (SSSR count). The minimum atomic E-state index is -0.820. The molecule has 1 heterocycles. The number of rotatable bonds is 7. The van der Waals surface area contributed by atoms with Crippen LogP contribution in [0.2, 0.25) is 0 Å². The first-order chi connectivity index (χ1) is 11.8. The van der Waals surface area contributed by atoms with Crippen LogP contribution >= 0.6 is 0 Å². The van der Waals surface area contributed by atoms with Crippen LogP contribution in [0.3, 0.4) is 0 Å². The molecule has 0 aromatic carbocycles. The Labute approximate surface area is 151 Å². The van der Waals surface area contributed by atoms with Gasteiger partial charge in [0, 0.05) is 25.0 Å². The summed E-state index contributed by atoms with van der Waals surface area (Å²) >= 11 is 0. The Kier molecular flexibility index (Phi) is 6.45. The van der Waals surface area contributed by atoms with E-state index in [0.717, 1.165) is 19.0 Å². The van der Waals surface area contributed by atoms with Crippen LogP contribution in [0.5, 0.6) is 0 Å². The molecule has 1 unspecified atom stereocenters. The van der Waals surface area contributed by atoms with Gasteiger partial charge in [-0.1, -0.05) is 33.1 Å². The van der Waals surface area contributed by atoms with Crippen LogP contribution in [0.1, 0.15) is 58.8 Å². The highest BCUT2D eigenvalue weighted by atomic mass is 16.2. The molecule has 0 spiro atoms. The standard InChI is InChI=1S/C19H31N4O2/c1-18(2,17(21)25)9-8-16(24)22-19(13-20)10-11-23(14-19)12-15-6-4-3-5-7-15/h8,15H,3-7,9-12,14H2,1-2H3,(H2,21,25)(H,22,24). The number of nitrogens with one attached hydrogen (secondary N) is 1. The van der Waals surface area contributed by atoms with E-state index in [1.54, 1.807) is 13.8 Å². The molecule has 0 aromatic rings. The van der Waals surface area contributed by atoms with E-state index < -0.39 is 16.9 Å². The van der Waals surface area contributed by atoms with E-state index in [0.29, 0.717) is 13.0 Å². The van der Waals surface area contributed by atoms with Gasteiger partial charge in [0.1, 0.15) is 5.54 Å². The van der Waals surface area contributed by atoms with Gasteiger partial charge in [0.05, 0.1) is 12.5 Å². The summed E-state index contributed by atoms with van der Waals surface area (Å²) < 4.78 is 0. The molecule has 2 aliphatic rings. The number of nitrogens with two attached hydrogens (primary N) is 1. The van der Waals surface area contributed by atoms with E-state index in [9.17, 15) is 14.9 Å². The highest BCUT2D eigenvalue weighted by Gasteiger charge is 2.40. The summed E-state index contributed by atoms with van der Waals surface area (Å²) in [6.45, 7) is 5.87. The molecule has 1 radical (unpaired) electrons. The van der Waals surface area contributed by atoms with E-state index in [4.69, 9.17) is 5.73 Å². The number of hydrogen-bond donors (Lipinski definition) is 2. The largest absolute Gasteiger partial charge is 0.369 e. The van der Waals surface area contributed by atoms with Crippen LogP contribution in [-0.2, 0) is 9.59 Å². The van der Waals surface area contributed by atoms with Gasteiger partial charge in [0.25, 0.3) is 0 Å². The van der Waals surface area contributed by atoms with E-state index in [1.165, 1.54) is 38.5 Å². The van der Waals surface area contributed by atoms with Crippen molar-refractivity contribution in [3.63, 3.8) is 0 Å². The number of nitrogens with zero attached hydrogens (tertiary/aromatic N) is 2. The predicted octanol–water partition coefficient (Wildman–Crippen LogP) is 1.76. The number of carbonyl (C=O) groups excluding carboxylic acids is 2. The Hall–Kier alpha value is -1.61. The monoisotopic (exact) mass is 347 g/mol. The number of nitriles is 1. The van der Waals surface area contributed by atoms with Gasteiger partial charge in [0.15, 0.2) is 0 Å². The molecule has 25 heavy (non-hydrogen) atoms. The lowest BCUT2D eigenvalue weighted by atomic mass is 9.87. The maximum atomic E-state index is 12.2. The van der Waals surface area contributed by atoms with Crippen molar-refractivity contribution >= 4 is 11.8 Å². The van der Waals surface area contributed by atoms with E-state index in [1.807, 2.05) is 0 Å². The maximum Gasteiger partial charge on any atom is 0.225 e. The maximum absolute atomic E-state index is 12.2. The first kappa shape index (κ1) is 19.7. The van der Waals surface area contributed by atoms with Gasteiger partial charge in [-0.3, -0.25) is 14.5 Å². The fourth-order valence-corrected chi connectivity index (χ4v) is 3.74. The van der Waals surface area contributed by atoms with E-state index in [2.05, 4.69) is 16.3 Å². The molecule has 3 N–H and O–H groups in total. The van der Waals surface area contributed by atoms with Crippen molar-refractivity contribution in [1.29, 1.82) is 5.26 Å². The molecule has 6 heteroatoms. The Bertz CT molecular complexity index is 534. The van der Waals surface area contributed by atoms with Crippen molar-refractivity contribution < 1.29 is 9.59 Å². The lowest BCUT2D eigenvalue weighted by Crippen LogP contribution is -2.50. The molecular formula is C19H31N4O2. The summed E-state index contributed by atoms with van der Waals surface area (Å²) in [6.07, 6.45) is 8.86.